The smallest absolute Gasteiger partial charge is 0.191 e. The molecule has 0 saturated carbocycles. The van der Waals surface area contributed by atoms with Gasteiger partial charge in [0.2, 0.25) is 0 Å². The van der Waals surface area contributed by atoms with E-state index in [1.807, 2.05) is 25.3 Å². The highest BCUT2D eigenvalue weighted by Crippen LogP contribution is 2.17. The van der Waals surface area contributed by atoms with Gasteiger partial charge in [-0.3, -0.25) is 4.99 Å². The molecule has 0 aliphatic rings. The van der Waals surface area contributed by atoms with Crippen LogP contribution in [0.3, 0.4) is 0 Å². The van der Waals surface area contributed by atoms with Crippen molar-refractivity contribution in [3.63, 3.8) is 0 Å². The summed E-state index contributed by atoms with van der Waals surface area (Å²) in [4.78, 5) is 14.5. The number of rotatable bonds is 7. The van der Waals surface area contributed by atoms with Crippen LogP contribution in [0.5, 0.6) is 0 Å². The van der Waals surface area contributed by atoms with Crippen molar-refractivity contribution in [3.05, 3.63) is 44.6 Å². The van der Waals surface area contributed by atoms with E-state index in [-0.39, 0.29) is 0 Å². The normalized spacial score (nSPS) is 11.6. The first-order chi connectivity index (χ1) is 11.6. The highest BCUT2D eigenvalue weighted by atomic mass is 35.5. The first-order valence-corrected chi connectivity index (χ1v) is 9.33. The Labute approximate surface area is 152 Å². The number of nitrogens with one attached hydrogen (secondary N) is 2. The molecule has 2 heterocycles. The van der Waals surface area contributed by atoms with Gasteiger partial charge in [-0.15, -0.1) is 11.3 Å². The molecule has 0 aliphatic carbocycles. The molecule has 0 bridgehead atoms. The highest BCUT2D eigenvalue weighted by Gasteiger charge is 2.04. The lowest BCUT2D eigenvalue weighted by atomic mass is 10.2. The molecule has 0 saturated heterocycles. The van der Waals surface area contributed by atoms with Crippen molar-refractivity contribution in [2.24, 2.45) is 4.99 Å². The van der Waals surface area contributed by atoms with Crippen LogP contribution < -0.4 is 10.6 Å². The number of thiazole rings is 1. The van der Waals surface area contributed by atoms with Gasteiger partial charge in [0, 0.05) is 37.1 Å². The molecule has 0 fully saturated rings. The summed E-state index contributed by atoms with van der Waals surface area (Å²) in [6.07, 6.45) is 3.61. The summed E-state index contributed by atoms with van der Waals surface area (Å²) in [5.74, 6) is 0.846. The molecule has 7 heteroatoms. The minimum Gasteiger partial charge on any atom is -0.357 e. The second-order valence-electron chi connectivity index (χ2n) is 5.42. The number of aromatic nitrogens is 2. The second-order valence-corrected chi connectivity index (χ2v) is 7.09. The molecule has 0 amide bonds. The molecule has 2 rings (SSSR count). The van der Waals surface area contributed by atoms with Crippen molar-refractivity contribution in [2.75, 3.05) is 19.6 Å². The Hall–Kier alpha value is -1.66. The molecule has 130 valence electrons. The fraction of sp³-hybridized carbons (Fsp3) is 0.471. The van der Waals surface area contributed by atoms with E-state index in [1.54, 1.807) is 11.3 Å². The van der Waals surface area contributed by atoms with Crippen molar-refractivity contribution in [2.45, 2.75) is 33.6 Å². The zero-order chi connectivity index (χ0) is 17.4. The molecule has 0 aromatic carbocycles. The van der Waals surface area contributed by atoms with Crippen LogP contribution in [0, 0.1) is 13.8 Å². The predicted octanol–water partition coefficient (Wildman–Crippen LogP) is 3.15. The standard InChI is InChI=1S/C17H24ClN5S/c1-4-19-17(20-9-7-14-5-6-16(18)22-11-14)21-10-8-15-12(2)23-13(3)24-15/h5-6,11H,4,7-10H2,1-3H3,(H2,19,20,21). The third kappa shape index (κ3) is 6.09. The zero-order valence-electron chi connectivity index (χ0n) is 14.4. The van der Waals surface area contributed by atoms with E-state index in [0.29, 0.717) is 5.15 Å². The lowest BCUT2D eigenvalue weighted by molar-refractivity contribution is 0.795. The van der Waals surface area contributed by atoms with E-state index in [2.05, 4.69) is 39.4 Å². The molecular formula is C17H24ClN5S. The minimum atomic E-state index is 0.523. The Morgan fingerprint density at radius 1 is 1.25 bits per heavy atom. The van der Waals surface area contributed by atoms with Crippen LogP contribution >= 0.6 is 22.9 Å². The third-order valence-corrected chi connectivity index (χ3v) is 4.80. The molecule has 2 aromatic heterocycles. The Kier molecular flexibility index (Phi) is 7.46. The average Bonchev–Trinajstić information content (AvgIpc) is 2.87. The SMILES string of the molecule is CCNC(=NCCc1sc(C)nc1C)NCCc1ccc(Cl)nc1. The number of aliphatic imine (C=N–C) groups is 1. The topological polar surface area (TPSA) is 62.2 Å². The average molecular weight is 366 g/mol. The van der Waals surface area contributed by atoms with Gasteiger partial charge in [-0.05, 0) is 38.8 Å². The number of hydrogen-bond acceptors (Lipinski definition) is 4. The quantitative estimate of drug-likeness (QED) is 0.449. The van der Waals surface area contributed by atoms with Gasteiger partial charge in [-0.25, -0.2) is 9.97 Å². The van der Waals surface area contributed by atoms with Gasteiger partial charge in [0.1, 0.15) is 5.15 Å². The zero-order valence-corrected chi connectivity index (χ0v) is 16.0. The first-order valence-electron chi connectivity index (χ1n) is 8.14. The van der Waals surface area contributed by atoms with E-state index < -0.39 is 0 Å². The third-order valence-electron chi connectivity index (χ3n) is 3.45. The van der Waals surface area contributed by atoms with Crippen LogP contribution in [0.15, 0.2) is 23.3 Å². The van der Waals surface area contributed by atoms with Crippen molar-refractivity contribution >= 4 is 28.9 Å². The maximum absolute atomic E-state index is 5.80. The van der Waals surface area contributed by atoms with Crippen LogP contribution in [-0.2, 0) is 12.8 Å². The number of guanidine groups is 1. The summed E-state index contributed by atoms with van der Waals surface area (Å²) in [6, 6.07) is 3.81. The van der Waals surface area contributed by atoms with E-state index in [4.69, 9.17) is 11.6 Å². The van der Waals surface area contributed by atoms with Crippen molar-refractivity contribution in [1.29, 1.82) is 0 Å². The molecule has 0 atom stereocenters. The number of aryl methyl sites for hydroxylation is 2. The highest BCUT2D eigenvalue weighted by molar-refractivity contribution is 7.11. The molecule has 0 spiro atoms. The summed E-state index contributed by atoms with van der Waals surface area (Å²) in [5.41, 5.74) is 2.28. The van der Waals surface area contributed by atoms with Gasteiger partial charge in [0.15, 0.2) is 5.96 Å². The van der Waals surface area contributed by atoms with Gasteiger partial charge in [0.05, 0.1) is 10.7 Å². The first kappa shape index (κ1) is 18.7. The summed E-state index contributed by atoms with van der Waals surface area (Å²) in [6.45, 7) is 8.56. The number of nitrogens with zero attached hydrogens (tertiary/aromatic N) is 3. The van der Waals surface area contributed by atoms with Gasteiger partial charge in [-0.2, -0.15) is 0 Å². The fourth-order valence-corrected chi connectivity index (χ4v) is 3.33. The van der Waals surface area contributed by atoms with E-state index in [0.717, 1.165) is 54.7 Å². The molecule has 0 radical (unpaired) electrons. The Morgan fingerprint density at radius 2 is 2.08 bits per heavy atom. The number of hydrogen-bond donors (Lipinski definition) is 2. The van der Waals surface area contributed by atoms with Crippen LogP contribution in [0.2, 0.25) is 5.15 Å². The van der Waals surface area contributed by atoms with E-state index in [1.165, 1.54) is 4.88 Å². The summed E-state index contributed by atoms with van der Waals surface area (Å²) in [7, 11) is 0. The number of halogens is 1. The molecule has 0 unspecified atom stereocenters. The summed E-state index contributed by atoms with van der Waals surface area (Å²) < 4.78 is 0. The molecule has 0 aliphatic heterocycles. The van der Waals surface area contributed by atoms with Gasteiger partial charge in [0.25, 0.3) is 0 Å². The van der Waals surface area contributed by atoms with Crippen LogP contribution in [0.1, 0.15) is 28.1 Å². The van der Waals surface area contributed by atoms with Crippen molar-refractivity contribution in [3.8, 4) is 0 Å². The molecule has 2 aromatic rings. The largest absolute Gasteiger partial charge is 0.357 e. The minimum absolute atomic E-state index is 0.523. The van der Waals surface area contributed by atoms with Gasteiger partial charge < -0.3 is 10.6 Å². The lowest BCUT2D eigenvalue weighted by Crippen LogP contribution is -2.38. The Morgan fingerprint density at radius 3 is 2.71 bits per heavy atom. The maximum Gasteiger partial charge on any atom is 0.191 e. The summed E-state index contributed by atoms with van der Waals surface area (Å²) >= 11 is 7.55. The lowest BCUT2D eigenvalue weighted by Gasteiger charge is -2.11. The van der Waals surface area contributed by atoms with E-state index in [9.17, 15) is 0 Å². The monoisotopic (exact) mass is 365 g/mol. The fourth-order valence-electron chi connectivity index (χ4n) is 2.30. The van der Waals surface area contributed by atoms with Gasteiger partial charge in [-0.1, -0.05) is 17.7 Å². The maximum atomic E-state index is 5.80. The molecular weight excluding hydrogens is 342 g/mol. The van der Waals surface area contributed by atoms with E-state index >= 15 is 0 Å². The molecule has 2 N–H and O–H groups in total. The molecule has 24 heavy (non-hydrogen) atoms. The van der Waals surface area contributed by atoms with Crippen LogP contribution in [0.4, 0.5) is 0 Å². The second kappa shape index (κ2) is 9.59. The Bertz CT molecular complexity index is 666. The summed E-state index contributed by atoms with van der Waals surface area (Å²) in [5, 5.41) is 8.27. The Balaban J connectivity index is 1.81. The van der Waals surface area contributed by atoms with Crippen molar-refractivity contribution < 1.29 is 0 Å². The predicted molar refractivity (Wildman–Crippen MR) is 102 cm³/mol. The van der Waals surface area contributed by atoms with Gasteiger partial charge >= 0.3 is 0 Å². The van der Waals surface area contributed by atoms with Crippen LogP contribution in [-0.4, -0.2) is 35.6 Å². The van der Waals surface area contributed by atoms with Crippen molar-refractivity contribution in [1.82, 2.24) is 20.6 Å². The molecule has 5 nitrogen and oxygen atoms in total. The number of pyridine rings is 1. The van der Waals surface area contributed by atoms with Crippen LogP contribution in [0.25, 0.3) is 0 Å².